The van der Waals surface area contributed by atoms with Crippen LogP contribution in [-0.2, 0) is 0 Å². The molecular formula is C11H13BrN2O. The molecule has 1 saturated carbocycles. The molecule has 4 heteroatoms. The van der Waals surface area contributed by atoms with Crippen LogP contribution in [0.2, 0.25) is 0 Å². The van der Waals surface area contributed by atoms with E-state index in [-0.39, 0.29) is 11.3 Å². The zero-order valence-corrected chi connectivity index (χ0v) is 10.3. The topological polar surface area (TPSA) is 42.0 Å². The fourth-order valence-electron chi connectivity index (χ4n) is 1.48. The lowest BCUT2D eigenvalue weighted by molar-refractivity contribution is 0.0941. The first-order valence-corrected chi connectivity index (χ1v) is 5.72. The van der Waals surface area contributed by atoms with Gasteiger partial charge in [-0.15, -0.1) is 0 Å². The molecule has 1 heterocycles. The van der Waals surface area contributed by atoms with Crippen LogP contribution in [0.15, 0.2) is 22.8 Å². The zero-order valence-electron chi connectivity index (χ0n) is 8.75. The van der Waals surface area contributed by atoms with Crippen molar-refractivity contribution in [1.82, 2.24) is 10.3 Å². The number of halogens is 1. The second kappa shape index (κ2) is 3.59. The van der Waals surface area contributed by atoms with E-state index in [0.29, 0.717) is 16.3 Å². The lowest BCUT2D eigenvalue weighted by atomic mass is 10.2. The number of hydrogen-bond donors (Lipinski definition) is 1. The number of pyridine rings is 1. The van der Waals surface area contributed by atoms with Gasteiger partial charge in [0, 0.05) is 6.04 Å². The van der Waals surface area contributed by atoms with Gasteiger partial charge in [-0.2, -0.15) is 0 Å². The predicted molar refractivity (Wildman–Crippen MR) is 61.6 cm³/mol. The first-order chi connectivity index (χ1) is 6.99. The molecule has 2 rings (SSSR count). The minimum Gasteiger partial charge on any atom is -0.347 e. The summed E-state index contributed by atoms with van der Waals surface area (Å²) in [5.41, 5.74) is 0.717. The smallest absolute Gasteiger partial charge is 0.270 e. The van der Waals surface area contributed by atoms with E-state index < -0.39 is 0 Å². The molecule has 3 nitrogen and oxygen atoms in total. The van der Waals surface area contributed by atoms with E-state index in [2.05, 4.69) is 40.1 Å². The number of nitrogens with zero attached hydrogens (tertiary/aromatic N) is 1. The molecule has 1 unspecified atom stereocenters. The van der Waals surface area contributed by atoms with Crippen LogP contribution in [0.25, 0.3) is 0 Å². The molecule has 0 spiro atoms. The molecule has 15 heavy (non-hydrogen) atoms. The van der Waals surface area contributed by atoms with Crippen LogP contribution in [-0.4, -0.2) is 16.9 Å². The fraction of sp³-hybridized carbons (Fsp3) is 0.455. The Morgan fingerprint density at radius 2 is 2.27 bits per heavy atom. The minimum atomic E-state index is -0.0909. The molecular weight excluding hydrogens is 256 g/mol. The van der Waals surface area contributed by atoms with Crippen molar-refractivity contribution in [3.8, 4) is 0 Å². The molecule has 1 aromatic rings. The Kier molecular flexibility index (Phi) is 2.54. The number of nitrogens with one attached hydrogen (secondary N) is 1. The van der Waals surface area contributed by atoms with Crippen LogP contribution in [0.3, 0.4) is 0 Å². The maximum atomic E-state index is 11.7. The number of hydrogen-bond acceptors (Lipinski definition) is 2. The Balaban J connectivity index is 2.03. The third-order valence-electron chi connectivity index (χ3n) is 2.77. The Labute approximate surface area is 97.4 Å². The first kappa shape index (κ1) is 10.6. The molecule has 1 aromatic heterocycles. The van der Waals surface area contributed by atoms with Crippen molar-refractivity contribution in [2.45, 2.75) is 26.3 Å². The lowest BCUT2D eigenvalue weighted by Crippen LogP contribution is -2.29. The number of carbonyl (C=O) groups excluding carboxylic acids is 1. The number of rotatable bonds is 2. The van der Waals surface area contributed by atoms with Gasteiger partial charge in [0.25, 0.3) is 5.91 Å². The molecule has 1 atom stereocenters. The van der Waals surface area contributed by atoms with Crippen molar-refractivity contribution in [3.05, 3.63) is 28.5 Å². The SMILES string of the molecule is CC1(C)CC1NC(=O)c1cccc(Br)n1. The quantitative estimate of drug-likeness (QED) is 0.837. The summed E-state index contributed by atoms with van der Waals surface area (Å²) in [4.78, 5) is 15.8. The monoisotopic (exact) mass is 268 g/mol. The van der Waals surface area contributed by atoms with Gasteiger partial charge in [-0.25, -0.2) is 4.98 Å². The number of amides is 1. The summed E-state index contributed by atoms with van der Waals surface area (Å²) in [6.45, 7) is 4.29. The normalized spacial score (nSPS) is 22.2. The van der Waals surface area contributed by atoms with Crippen LogP contribution in [0.1, 0.15) is 30.8 Å². The predicted octanol–water partition coefficient (Wildman–Crippen LogP) is 2.37. The molecule has 0 radical (unpaired) electrons. The molecule has 1 amide bonds. The van der Waals surface area contributed by atoms with Gasteiger partial charge in [0.2, 0.25) is 0 Å². The van der Waals surface area contributed by atoms with Crippen molar-refractivity contribution in [3.63, 3.8) is 0 Å². The van der Waals surface area contributed by atoms with Gasteiger partial charge in [0.05, 0.1) is 0 Å². The highest BCUT2D eigenvalue weighted by molar-refractivity contribution is 9.10. The Morgan fingerprint density at radius 3 is 2.80 bits per heavy atom. The Bertz CT molecular complexity index is 403. The Morgan fingerprint density at radius 1 is 1.60 bits per heavy atom. The van der Waals surface area contributed by atoms with Gasteiger partial charge in [-0.3, -0.25) is 4.79 Å². The van der Waals surface area contributed by atoms with Crippen LogP contribution in [0.4, 0.5) is 0 Å². The van der Waals surface area contributed by atoms with Gasteiger partial charge in [-0.05, 0) is 39.9 Å². The Hall–Kier alpha value is -0.900. The molecule has 1 fully saturated rings. The largest absolute Gasteiger partial charge is 0.347 e. The lowest BCUT2D eigenvalue weighted by Gasteiger charge is -2.06. The highest BCUT2D eigenvalue weighted by Crippen LogP contribution is 2.44. The molecule has 1 aliphatic carbocycles. The maximum absolute atomic E-state index is 11.7. The van der Waals surface area contributed by atoms with Gasteiger partial charge >= 0.3 is 0 Å². The van der Waals surface area contributed by atoms with E-state index in [1.54, 1.807) is 12.1 Å². The number of aromatic nitrogens is 1. The maximum Gasteiger partial charge on any atom is 0.270 e. The first-order valence-electron chi connectivity index (χ1n) is 4.92. The second-order valence-electron chi connectivity index (χ2n) is 4.56. The third kappa shape index (κ3) is 2.37. The highest BCUT2D eigenvalue weighted by atomic mass is 79.9. The van der Waals surface area contributed by atoms with E-state index >= 15 is 0 Å². The fourth-order valence-corrected chi connectivity index (χ4v) is 1.82. The van der Waals surface area contributed by atoms with Crippen LogP contribution >= 0.6 is 15.9 Å². The van der Waals surface area contributed by atoms with Crippen molar-refractivity contribution in [1.29, 1.82) is 0 Å². The van der Waals surface area contributed by atoms with Crippen LogP contribution < -0.4 is 5.32 Å². The standard InChI is InChI=1S/C11H13BrN2O/c1-11(2)6-8(11)14-10(15)7-4-3-5-9(12)13-7/h3-5,8H,6H2,1-2H3,(H,14,15). The van der Waals surface area contributed by atoms with E-state index in [0.717, 1.165) is 6.42 Å². The summed E-state index contributed by atoms with van der Waals surface area (Å²) in [7, 11) is 0. The van der Waals surface area contributed by atoms with E-state index in [1.165, 1.54) is 0 Å². The number of carbonyl (C=O) groups is 1. The van der Waals surface area contributed by atoms with Crippen LogP contribution in [0.5, 0.6) is 0 Å². The van der Waals surface area contributed by atoms with Gasteiger partial charge < -0.3 is 5.32 Å². The molecule has 1 N–H and O–H groups in total. The average Bonchev–Trinajstić information content (AvgIpc) is 2.73. The zero-order chi connectivity index (χ0) is 11.1. The molecule has 80 valence electrons. The van der Waals surface area contributed by atoms with Crippen molar-refractivity contribution in [2.75, 3.05) is 0 Å². The highest BCUT2D eigenvalue weighted by Gasteiger charge is 2.46. The summed E-state index contributed by atoms with van der Waals surface area (Å²) in [6, 6.07) is 5.63. The van der Waals surface area contributed by atoms with Gasteiger partial charge in [-0.1, -0.05) is 19.9 Å². The molecule has 0 aromatic carbocycles. The summed E-state index contributed by atoms with van der Waals surface area (Å²) < 4.78 is 0.685. The van der Waals surface area contributed by atoms with Gasteiger partial charge in [0.15, 0.2) is 0 Å². The van der Waals surface area contributed by atoms with Crippen molar-refractivity contribution in [2.24, 2.45) is 5.41 Å². The molecule has 1 aliphatic rings. The summed E-state index contributed by atoms with van der Waals surface area (Å²) in [6.07, 6.45) is 1.05. The average molecular weight is 269 g/mol. The second-order valence-corrected chi connectivity index (χ2v) is 5.38. The van der Waals surface area contributed by atoms with Gasteiger partial charge in [0.1, 0.15) is 10.3 Å². The van der Waals surface area contributed by atoms with Crippen molar-refractivity contribution >= 4 is 21.8 Å². The summed E-state index contributed by atoms with van der Waals surface area (Å²) in [5.74, 6) is -0.0909. The molecule has 0 aliphatic heterocycles. The summed E-state index contributed by atoms with van der Waals surface area (Å²) >= 11 is 3.24. The minimum absolute atomic E-state index is 0.0909. The van der Waals surface area contributed by atoms with Crippen LogP contribution in [0, 0.1) is 5.41 Å². The van der Waals surface area contributed by atoms with E-state index in [4.69, 9.17) is 0 Å². The van der Waals surface area contributed by atoms with Crippen molar-refractivity contribution < 1.29 is 4.79 Å². The molecule has 0 bridgehead atoms. The van der Waals surface area contributed by atoms with E-state index in [1.807, 2.05) is 6.07 Å². The third-order valence-corrected chi connectivity index (χ3v) is 3.21. The van der Waals surface area contributed by atoms with E-state index in [9.17, 15) is 4.79 Å². The molecule has 0 saturated heterocycles. The summed E-state index contributed by atoms with van der Waals surface area (Å²) in [5, 5.41) is 2.97.